The summed E-state index contributed by atoms with van der Waals surface area (Å²) in [6.07, 6.45) is 9.02. The molecule has 1 aromatic heterocycles. The molecule has 0 radical (unpaired) electrons. The Morgan fingerprint density at radius 3 is 2.88 bits per heavy atom. The van der Waals surface area contributed by atoms with Gasteiger partial charge < -0.3 is 4.90 Å². The molecule has 0 bridgehead atoms. The van der Waals surface area contributed by atoms with E-state index >= 15 is 0 Å². The number of thiazole rings is 1. The molecule has 5 heteroatoms. The van der Waals surface area contributed by atoms with Crippen LogP contribution in [0, 0.1) is 0 Å². The van der Waals surface area contributed by atoms with Crippen LogP contribution in [0.1, 0.15) is 48.2 Å². The van der Waals surface area contributed by atoms with E-state index in [1.54, 1.807) is 11.3 Å². The molecule has 1 fully saturated rings. The summed E-state index contributed by atoms with van der Waals surface area (Å²) in [5.74, 6) is 0. The van der Waals surface area contributed by atoms with Crippen molar-refractivity contribution in [3.05, 3.63) is 46.5 Å². The van der Waals surface area contributed by atoms with Gasteiger partial charge in [0.15, 0.2) is 5.13 Å². The number of fused-ring (bicyclic) bond motifs is 1. The third-order valence-corrected chi connectivity index (χ3v) is 6.33. The van der Waals surface area contributed by atoms with Crippen LogP contribution >= 0.6 is 11.3 Å². The largest absolute Gasteiger partial charge is 0.323 e. The Balaban J connectivity index is 1.41. The van der Waals surface area contributed by atoms with Crippen molar-refractivity contribution >= 4 is 22.5 Å². The minimum atomic E-state index is 0.0161. The molecule has 2 aliphatic rings. The normalized spacial score (nSPS) is 20.2. The lowest BCUT2D eigenvalue weighted by atomic mass is 10.0. The standard InChI is InChI=1S/C20H25N3OS/c24-20(22-19-21-17-11-5-2-6-12-18(17)25-19)23-13-7-10-16(23)14-15-8-3-1-4-9-15/h1,3-4,8-9,16H,2,5-7,10-14H2,(H,21,22,24). The number of carbonyl (C=O) groups is 1. The van der Waals surface area contributed by atoms with Gasteiger partial charge in [-0.25, -0.2) is 9.78 Å². The third-order valence-electron chi connectivity index (χ3n) is 5.26. The molecule has 25 heavy (non-hydrogen) atoms. The van der Waals surface area contributed by atoms with Gasteiger partial charge in [-0.1, -0.05) is 36.8 Å². The van der Waals surface area contributed by atoms with Crippen LogP contribution in [0.2, 0.25) is 0 Å². The number of anilines is 1. The predicted molar refractivity (Wildman–Crippen MR) is 102 cm³/mol. The van der Waals surface area contributed by atoms with Gasteiger partial charge in [0.25, 0.3) is 0 Å². The molecule has 4 rings (SSSR count). The van der Waals surface area contributed by atoms with Crippen molar-refractivity contribution in [3.63, 3.8) is 0 Å². The Kier molecular flexibility index (Phi) is 5.02. The van der Waals surface area contributed by atoms with Crippen LogP contribution in [0.4, 0.5) is 9.93 Å². The summed E-state index contributed by atoms with van der Waals surface area (Å²) in [7, 11) is 0. The number of benzene rings is 1. The van der Waals surface area contributed by atoms with Crippen LogP contribution in [-0.4, -0.2) is 28.5 Å². The fraction of sp³-hybridized carbons (Fsp3) is 0.500. The van der Waals surface area contributed by atoms with E-state index in [4.69, 9.17) is 4.98 Å². The number of amides is 2. The van der Waals surface area contributed by atoms with E-state index in [0.29, 0.717) is 6.04 Å². The van der Waals surface area contributed by atoms with Gasteiger partial charge in [-0.2, -0.15) is 0 Å². The average Bonchev–Trinajstić information content (AvgIpc) is 3.17. The summed E-state index contributed by atoms with van der Waals surface area (Å²) in [4.78, 5) is 20.8. The van der Waals surface area contributed by atoms with Crippen molar-refractivity contribution in [1.82, 2.24) is 9.88 Å². The van der Waals surface area contributed by atoms with Gasteiger partial charge >= 0.3 is 6.03 Å². The van der Waals surface area contributed by atoms with E-state index in [0.717, 1.165) is 43.8 Å². The first-order valence-corrected chi connectivity index (χ1v) is 10.2. The summed E-state index contributed by atoms with van der Waals surface area (Å²) in [5.41, 5.74) is 2.51. The number of hydrogen-bond acceptors (Lipinski definition) is 3. The van der Waals surface area contributed by atoms with E-state index in [1.165, 1.54) is 35.4 Å². The van der Waals surface area contributed by atoms with E-state index in [1.807, 2.05) is 11.0 Å². The highest BCUT2D eigenvalue weighted by Crippen LogP contribution is 2.30. The van der Waals surface area contributed by atoms with Gasteiger partial charge in [-0.3, -0.25) is 5.32 Å². The Morgan fingerprint density at radius 2 is 2.00 bits per heavy atom. The van der Waals surface area contributed by atoms with Crippen LogP contribution in [0.25, 0.3) is 0 Å². The minimum absolute atomic E-state index is 0.0161. The first-order chi connectivity index (χ1) is 12.3. The van der Waals surface area contributed by atoms with Crippen molar-refractivity contribution in [3.8, 4) is 0 Å². The van der Waals surface area contributed by atoms with E-state index in [2.05, 4.69) is 29.6 Å². The number of nitrogens with one attached hydrogen (secondary N) is 1. The summed E-state index contributed by atoms with van der Waals surface area (Å²) >= 11 is 1.67. The number of nitrogens with zero attached hydrogens (tertiary/aromatic N) is 2. The lowest BCUT2D eigenvalue weighted by molar-refractivity contribution is 0.206. The molecule has 1 aliphatic heterocycles. The first-order valence-electron chi connectivity index (χ1n) is 9.40. The molecule has 2 amide bonds. The number of rotatable bonds is 3. The maximum absolute atomic E-state index is 12.8. The van der Waals surface area contributed by atoms with E-state index in [9.17, 15) is 4.79 Å². The van der Waals surface area contributed by atoms with Crippen LogP contribution < -0.4 is 5.32 Å². The first kappa shape index (κ1) is 16.6. The maximum atomic E-state index is 12.8. The van der Waals surface area contributed by atoms with Gasteiger partial charge in [0.1, 0.15) is 0 Å². The molecular formula is C20H25N3OS. The number of hydrogen-bond donors (Lipinski definition) is 1. The lowest BCUT2D eigenvalue weighted by Gasteiger charge is -2.24. The number of urea groups is 1. The van der Waals surface area contributed by atoms with Gasteiger partial charge in [-0.15, -0.1) is 11.3 Å². The van der Waals surface area contributed by atoms with E-state index < -0.39 is 0 Å². The van der Waals surface area contributed by atoms with Gasteiger partial charge in [-0.05, 0) is 50.5 Å². The molecule has 2 heterocycles. The highest BCUT2D eigenvalue weighted by molar-refractivity contribution is 7.15. The highest BCUT2D eigenvalue weighted by Gasteiger charge is 2.29. The zero-order chi connectivity index (χ0) is 17.1. The molecule has 0 saturated carbocycles. The van der Waals surface area contributed by atoms with Crippen LogP contribution in [0.5, 0.6) is 0 Å². The van der Waals surface area contributed by atoms with Gasteiger partial charge in [0, 0.05) is 17.5 Å². The third kappa shape index (κ3) is 3.87. The molecule has 1 N–H and O–H groups in total. The Morgan fingerprint density at radius 1 is 1.16 bits per heavy atom. The van der Waals surface area contributed by atoms with Crippen molar-refractivity contribution in [2.75, 3.05) is 11.9 Å². The fourth-order valence-corrected chi connectivity index (χ4v) is 4.99. The van der Waals surface area contributed by atoms with Crippen molar-refractivity contribution in [2.45, 2.75) is 57.4 Å². The lowest BCUT2D eigenvalue weighted by Crippen LogP contribution is -2.39. The van der Waals surface area contributed by atoms with Crippen molar-refractivity contribution < 1.29 is 4.79 Å². The summed E-state index contributed by atoms with van der Waals surface area (Å²) in [5, 5.41) is 3.85. The average molecular weight is 356 g/mol. The second-order valence-corrected chi connectivity index (χ2v) is 8.14. The van der Waals surface area contributed by atoms with Crippen molar-refractivity contribution in [1.29, 1.82) is 0 Å². The van der Waals surface area contributed by atoms with Crippen LogP contribution in [-0.2, 0) is 19.3 Å². The summed E-state index contributed by atoms with van der Waals surface area (Å²) < 4.78 is 0. The molecule has 1 atom stereocenters. The topological polar surface area (TPSA) is 45.2 Å². The molecule has 4 nitrogen and oxygen atoms in total. The summed E-state index contributed by atoms with van der Waals surface area (Å²) in [6, 6.07) is 10.8. The molecule has 1 aliphatic carbocycles. The Hall–Kier alpha value is -1.88. The minimum Gasteiger partial charge on any atom is -0.321 e. The number of likely N-dealkylation sites (tertiary alicyclic amines) is 1. The highest BCUT2D eigenvalue weighted by atomic mass is 32.1. The van der Waals surface area contributed by atoms with Crippen LogP contribution in [0.3, 0.4) is 0 Å². The quantitative estimate of drug-likeness (QED) is 0.815. The van der Waals surface area contributed by atoms with Gasteiger partial charge in [0.05, 0.1) is 5.69 Å². The van der Waals surface area contributed by atoms with E-state index in [-0.39, 0.29) is 6.03 Å². The number of aromatic nitrogens is 1. The monoisotopic (exact) mass is 355 g/mol. The molecule has 1 unspecified atom stereocenters. The zero-order valence-corrected chi connectivity index (χ0v) is 15.4. The SMILES string of the molecule is O=C(Nc1nc2c(s1)CCCCC2)N1CCCC1Cc1ccccc1. The van der Waals surface area contributed by atoms with Crippen molar-refractivity contribution in [2.24, 2.45) is 0 Å². The molecule has 0 spiro atoms. The van der Waals surface area contributed by atoms with Crippen LogP contribution in [0.15, 0.2) is 30.3 Å². The van der Waals surface area contributed by atoms with Gasteiger partial charge in [0.2, 0.25) is 0 Å². The molecule has 132 valence electrons. The zero-order valence-electron chi connectivity index (χ0n) is 14.5. The molecule has 2 aromatic rings. The molecular weight excluding hydrogens is 330 g/mol. The second-order valence-electron chi connectivity index (χ2n) is 7.06. The molecule has 1 saturated heterocycles. The number of aryl methyl sites for hydroxylation is 2. The smallest absolute Gasteiger partial charge is 0.321 e. The molecule has 1 aromatic carbocycles. The maximum Gasteiger partial charge on any atom is 0.323 e. The number of carbonyl (C=O) groups excluding carboxylic acids is 1. The Labute approximate surface area is 153 Å². The predicted octanol–water partition coefficient (Wildman–Crippen LogP) is 4.65. The second kappa shape index (κ2) is 7.56. The summed E-state index contributed by atoms with van der Waals surface area (Å²) in [6.45, 7) is 0.842. The fourth-order valence-electron chi connectivity index (χ4n) is 3.95. The Bertz CT molecular complexity index is 704.